The molecule has 0 spiro atoms. The highest BCUT2D eigenvalue weighted by Crippen LogP contribution is 2.27. The van der Waals surface area contributed by atoms with Crippen LogP contribution in [0.2, 0.25) is 0 Å². The van der Waals surface area contributed by atoms with Gasteiger partial charge in [-0.2, -0.15) is 0 Å². The van der Waals surface area contributed by atoms with Gasteiger partial charge >= 0.3 is 0 Å². The van der Waals surface area contributed by atoms with E-state index in [2.05, 4.69) is 22.5 Å². The Hall–Kier alpha value is -3.16. The minimum atomic E-state index is -0.677. The predicted octanol–water partition coefficient (Wildman–Crippen LogP) is 4.30. The topological polar surface area (TPSA) is 87.5 Å². The number of aryl methyl sites for hydroxylation is 1. The molecule has 3 aromatic rings. The van der Waals surface area contributed by atoms with Gasteiger partial charge in [0.05, 0.1) is 12.1 Å². The van der Waals surface area contributed by atoms with Crippen LogP contribution in [0.15, 0.2) is 47.0 Å². The minimum absolute atomic E-state index is 0. The van der Waals surface area contributed by atoms with Crippen LogP contribution in [0, 0.1) is 0 Å². The van der Waals surface area contributed by atoms with Gasteiger partial charge in [-0.05, 0) is 44.0 Å². The number of benzene rings is 1. The molecule has 0 saturated heterocycles. The van der Waals surface area contributed by atoms with Crippen molar-refractivity contribution in [3.8, 4) is 0 Å². The van der Waals surface area contributed by atoms with Gasteiger partial charge < -0.3 is 14.6 Å². The van der Waals surface area contributed by atoms with Gasteiger partial charge in [0.15, 0.2) is 0 Å². The minimum Gasteiger partial charge on any atom is -0.459 e. The number of hydrogen-bond acceptors (Lipinski definition) is 5. The zero-order valence-corrected chi connectivity index (χ0v) is 20.1. The number of para-hydroxylation sites is 1. The molecule has 0 bridgehead atoms. The third kappa shape index (κ3) is 5.10. The number of carbonyl (C=O) groups is 2. The summed E-state index contributed by atoms with van der Waals surface area (Å²) < 4.78 is 6.00. The molecular weight excluding hydrogens is 440 g/mol. The van der Waals surface area contributed by atoms with E-state index in [9.17, 15) is 9.59 Å². The highest BCUT2D eigenvalue weighted by molar-refractivity contribution is 5.98. The number of aromatic nitrogens is 1. The molecule has 4 rings (SSSR count). The molecular formula is C25H29ClN4O3. The van der Waals surface area contributed by atoms with Crippen LogP contribution in [0.3, 0.4) is 0 Å². The number of rotatable bonds is 5. The van der Waals surface area contributed by atoms with E-state index in [0.717, 1.165) is 39.8 Å². The first-order valence-corrected chi connectivity index (χ1v) is 10.8. The number of carbonyl (C=O) groups excluding carboxylic acids is 2. The lowest BCUT2D eigenvalue weighted by molar-refractivity contribution is -0.125. The molecule has 2 aromatic heterocycles. The van der Waals surface area contributed by atoms with Gasteiger partial charge in [-0.1, -0.05) is 25.1 Å². The number of nitrogens with one attached hydrogen (secondary N) is 2. The summed E-state index contributed by atoms with van der Waals surface area (Å²) in [4.78, 5) is 31.0. The number of pyridine rings is 1. The molecule has 0 atom stereocenters. The van der Waals surface area contributed by atoms with Crippen molar-refractivity contribution in [3.05, 3.63) is 65.1 Å². The van der Waals surface area contributed by atoms with Gasteiger partial charge in [0.1, 0.15) is 17.2 Å². The largest absolute Gasteiger partial charge is 0.459 e. The number of nitrogens with zero attached hydrogens (tertiary/aromatic N) is 2. The van der Waals surface area contributed by atoms with E-state index in [-0.39, 0.29) is 24.2 Å². The molecule has 1 aromatic carbocycles. The summed E-state index contributed by atoms with van der Waals surface area (Å²) >= 11 is 0. The average Bonchev–Trinajstić information content (AvgIpc) is 3.08. The summed E-state index contributed by atoms with van der Waals surface area (Å²) in [6, 6.07) is 9.86. The van der Waals surface area contributed by atoms with Crippen LogP contribution in [0.5, 0.6) is 0 Å². The molecule has 3 heterocycles. The highest BCUT2D eigenvalue weighted by atomic mass is 35.5. The SMILES string of the molecule is CCc1c(CN(C)C(=O)C=Cc2cnc3c(c2)CNC(C)(C)C(=O)N3)oc2ccccc12.Cl. The van der Waals surface area contributed by atoms with Crippen LogP contribution in [0.25, 0.3) is 17.0 Å². The number of anilines is 1. The molecule has 0 radical (unpaired) electrons. The van der Waals surface area contributed by atoms with Crippen molar-refractivity contribution in [1.82, 2.24) is 15.2 Å². The lowest BCUT2D eigenvalue weighted by Crippen LogP contribution is -2.47. The first-order valence-electron chi connectivity index (χ1n) is 10.8. The molecule has 2 amide bonds. The lowest BCUT2D eigenvalue weighted by atomic mass is 10.1. The van der Waals surface area contributed by atoms with Crippen LogP contribution in [-0.2, 0) is 29.1 Å². The quantitative estimate of drug-likeness (QED) is 0.545. The van der Waals surface area contributed by atoms with E-state index in [0.29, 0.717) is 18.9 Å². The van der Waals surface area contributed by atoms with Gasteiger partial charge in [-0.25, -0.2) is 4.98 Å². The van der Waals surface area contributed by atoms with E-state index < -0.39 is 5.54 Å². The molecule has 2 N–H and O–H groups in total. The number of fused-ring (bicyclic) bond motifs is 2. The van der Waals surface area contributed by atoms with E-state index in [1.807, 2.05) is 44.2 Å². The molecule has 33 heavy (non-hydrogen) atoms. The zero-order chi connectivity index (χ0) is 22.9. The fraction of sp³-hybridized carbons (Fsp3) is 0.320. The molecule has 0 aliphatic carbocycles. The molecule has 174 valence electrons. The summed E-state index contributed by atoms with van der Waals surface area (Å²) in [6.07, 6.45) is 5.76. The van der Waals surface area contributed by atoms with Crippen LogP contribution in [0.1, 0.15) is 43.2 Å². The molecule has 0 fully saturated rings. The fourth-order valence-corrected chi connectivity index (χ4v) is 3.78. The zero-order valence-electron chi connectivity index (χ0n) is 19.3. The summed E-state index contributed by atoms with van der Waals surface area (Å²) in [6.45, 7) is 6.65. The van der Waals surface area contributed by atoms with Gasteiger partial charge in [-0.3, -0.25) is 14.9 Å². The van der Waals surface area contributed by atoms with Crippen molar-refractivity contribution in [1.29, 1.82) is 0 Å². The summed E-state index contributed by atoms with van der Waals surface area (Å²) in [5, 5.41) is 7.17. The van der Waals surface area contributed by atoms with E-state index in [1.165, 1.54) is 6.08 Å². The third-order valence-electron chi connectivity index (χ3n) is 5.82. The molecule has 1 aliphatic rings. The Morgan fingerprint density at radius 3 is 2.82 bits per heavy atom. The lowest BCUT2D eigenvalue weighted by Gasteiger charge is -2.21. The first kappa shape index (κ1) is 24.5. The molecule has 0 saturated carbocycles. The summed E-state index contributed by atoms with van der Waals surface area (Å²) in [7, 11) is 1.76. The van der Waals surface area contributed by atoms with Crippen molar-refractivity contribution >= 4 is 47.1 Å². The predicted molar refractivity (Wildman–Crippen MR) is 132 cm³/mol. The second kappa shape index (κ2) is 9.77. The van der Waals surface area contributed by atoms with E-state index in [4.69, 9.17) is 4.42 Å². The number of hydrogen-bond donors (Lipinski definition) is 2. The Kier molecular flexibility index (Phi) is 7.25. The van der Waals surface area contributed by atoms with Gasteiger partial charge in [0.2, 0.25) is 11.8 Å². The Bertz CT molecular complexity index is 1220. The maximum Gasteiger partial charge on any atom is 0.246 e. The van der Waals surface area contributed by atoms with E-state index >= 15 is 0 Å². The second-order valence-corrected chi connectivity index (χ2v) is 8.59. The van der Waals surface area contributed by atoms with Crippen LogP contribution < -0.4 is 10.6 Å². The normalized spacial score (nSPS) is 15.0. The van der Waals surface area contributed by atoms with Gasteiger partial charge in [-0.15, -0.1) is 12.4 Å². The van der Waals surface area contributed by atoms with Gasteiger partial charge in [0.25, 0.3) is 0 Å². The fourth-order valence-electron chi connectivity index (χ4n) is 3.78. The van der Waals surface area contributed by atoms with Crippen LogP contribution in [0.4, 0.5) is 5.82 Å². The van der Waals surface area contributed by atoms with Crippen molar-refractivity contribution in [2.24, 2.45) is 0 Å². The molecule has 0 unspecified atom stereocenters. The van der Waals surface area contributed by atoms with Crippen LogP contribution in [-0.4, -0.2) is 34.3 Å². The maximum atomic E-state index is 12.7. The third-order valence-corrected chi connectivity index (χ3v) is 5.82. The van der Waals surface area contributed by atoms with Crippen LogP contribution >= 0.6 is 12.4 Å². The van der Waals surface area contributed by atoms with E-state index in [1.54, 1.807) is 24.2 Å². The van der Waals surface area contributed by atoms with Gasteiger partial charge in [0, 0.05) is 42.4 Å². The average molecular weight is 469 g/mol. The highest BCUT2D eigenvalue weighted by Gasteiger charge is 2.30. The maximum absolute atomic E-state index is 12.7. The Balaban J connectivity index is 0.00000306. The second-order valence-electron chi connectivity index (χ2n) is 8.59. The summed E-state index contributed by atoms with van der Waals surface area (Å²) in [5.74, 6) is 1.11. The Labute approximate surface area is 199 Å². The Morgan fingerprint density at radius 2 is 2.06 bits per heavy atom. The van der Waals surface area contributed by atoms with Crippen molar-refractivity contribution in [2.45, 2.75) is 45.8 Å². The smallest absolute Gasteiger partial charge is 0.246 e. The number of amides is 2. The van der Waals surface area contributed by atoms with Crippen molar-refractivity contribution in [3.63, 3.8) is 0 Å². The standard InChI is InChI=1S/C25H28N4O3.ClH/c1-5-18-19-8-6-7-9-20(19)32-21(18)15-29(4)22(30)11-10-16-12-17-14-27-25(2,3)24(31)28-23(17)26-13-16;/h6-13,27H,5,14-15H2,1-4H3,(H,26,28,31);1H. The number of furan rings is 1. The van der Waals surface area contributed by atoms with Crippen molar-refractivity contribution in [2.75, 3.05) is 12.4 Å². The summed E-state index contributed by atoms with van der Waals surface area (Å²) in [5.41, 5.74) is 2.97. The monoisotopic (exact) mass is 468 g/mol. The first-order chi connectivity index (χ1) is 15.3. The molecule has 7 nitrogen and oxygen atoms in total. The molecule has 1 aliphatic heterocycles. The number of likely N-dealkylation sites (N-methyl/N-ethyl adjacent to an activating group) is 1. The number of halogens is 1. The molecule has 8 heteroatoms. The Morgan fingerprint density at radius 1 is 1.30 bits per heavy atom. The van der Waals surface area contributed by atoms with Crippen molar-refractivity contribution < 1.29 is 14.0 Å².